The Labute approximate surface area is 81.4 Å². The molecule has 0 bridgehead atoms. The summed E-state index contributed by atoms with van der Waals surface area (Å²) in [5.74, 6) is -0.667. The molecule has 1 aromatic carbocycles. The molecule has 0 aliphatic rings. The summed E-state index contributed by atoms with van der Waals surface area (Å²) in [4.78, 5) is 11.0. The lowest BCUT2D eigenvalue weighted by Crippen LogP contribution is -2.20. The number of hydrogen-bond donors (Lipinski definition) is 2. The molecule has 0 aliphatic carbocycles. The maximum absolute atomic E-state index is 12.8. The zero-order valence-corrected chi connectivity index (χ0v) is 7.83. The van der Waals surface area contributed by atoms with Gasteiger partial charge in [0.2, 0.25) is 0 Å². The third-order valence-electron chi connectivity index (χ3n) is 2.05. The Bertz CT molecular complexity index is 352. The summed E-state index contributed by atoms with van der Waals surface area (Å²) in [5.41, 5.74) is 6.41. The van der Waals surface area contributed by atoms with E-state index in [4.69, 9.17) is 10.8 Å². The molecule has 14 heavy (non-hydrogen) atoms. The number of nitrogens with two attached hydrogens (primary N) is 1. The van der Waals surface area contributed by atoms with E-state index in [0.29, 0.717) is 11.1 Å². The quantitative estimate of drug-likeness (QED) is 0.756. The Hall–Kier alpha value is -1.26. The Morgan fingerprint density at radius 2 is 2.29 bits per heavy atom. The number of benzene rings is 1. The number of aliphatic hydroxyl groups excluding tert-OH is 1. The first-order chi connectivity index (χ1) is 6.56. The first kappa shape index (κ1) is 10.8. The van der Waals surface area contributed by atoms with Gasteiger partial charge in [-0.3, -0.25) is 4.79 Å². The molecule has 3 N–H and O–H groups in total. The SMILES string of the molecule is CC(=O)C(N)c1ccc(F)cc1CO. The van der Waals surface area contributed by atoms with Gasteiger partial charge in [-0.25, -0.2) is 4.39 Å². The van der Waals surface area contributed by atoms with E-state index in [1.54, 1.807) is 0 Å². The Kier molecular flexibility index (Phi) is 3.33. The maximum Gasteiger partial charge on any atom is 0.150 e. The number of aliphatic hydroxyl groups is 1. The van der Waals surface area contributed by atoms with Crippen molar-refractivity contribution in [2.24, 2.45) is 5.73 Å². The summed E-state index contributed by atoms with van der Waals surface area (Å²) in [5, 5.41) is 8.94. The van der Waals surface area contributed by atoms with E-state index in [9.17, 15) is 9.18 Å². The predicted molar refractivity (Wildman–Crippen MR) is 49.9 cm³/mol. The van der Waals surface area contributed by atoms with Gasteiger partial charge < -0.3 is 10.8 Å². The smallest absolute Gasteiger partial charge is 0.150 e. The minimum absolute atomic E-state index is 0.216. The van der Waals surface area contributed by atoms with Crippen molar-refractivity contribution in [1.29, 1.82) is 0 Å². The van der Waals surface area contributed by atoms with Crippen molar-refractivity contribution in [2.75, 3.05) is 0 Å². The van der Waals surface area contributed by atoms with Gasteiger partial charge in [0.15, 0.2) is 5.78 Å². The van der Waals surface area contributed by atoms with E-state index in [2.05, 4.69) is 0 Å². The number of ketones is 1. The maximum atomic E-state index is 12.8. The van der Waals surface area contributed by atoms with Crippen LogP contribution in [0, 0.1) is 5.82 Å². The third-order valence-corrected chi connectivity index (χ3v) is 2.05. The number of rotatable bonds is 3. The minimum atomic E-state index is -0.794. The zero-order chi connectivity index (χ0) is 10.7. The Morgan fingerprint density at radius 1 is 1.64 bits per heavy atom. The highest BCUT2D eigenvalue weighted by molar-refractivity contribution is 5.83. The van der Waals surface area contributed by atoms with Gasteiger partial charge in [-0.05, 0) is 30.2 Å². The fraction of sp³-hybridized carbons (Fsp3) is 0.300. The first-order valence-electron chi connectivity index (χ1n) is 4.21. The highest BCUT2D eigenvalue weighted by Gasteiger charge is 2.15. The van der Waals surface area contributed by atoms with E-state index in [1.807, 2.05) is 0 Å². The van der Waals surface area contributed by atoms with Crippen molar-refractivity contribution in [3.05, 3.63) is 35.1 Å². The largest absolute Gasteiger partial charge is 0.392 e. The molecule has 0 heterocycles. The number of Topliss-reactive ketones (excluding diaryl/α,β-unsaturated/α-hetero) is 1. The topological polar surface area (TPSA) is 63.3 Å². The molecule has 76 valence electrons. The molecule has 0 radical (unpaired) electrons. The summed E-state index contributed by atoms with van der Waals surface area (Å²) in [7, 11) is 0. The molecule has 4 heteroatoms. The molecule has 1 unspecified atom stereocenters. The molecule has 3 nitrogen and oxygen atoms in total. The molecule has 0 fully saturated rings. The summed E-state index contributed by atoms with van der Waals surface area (Å²) < 4.78 is 12.8. The van der Waals surface area contributed by atoms with Gasteiger partial charge in [0.05, 0.1) is 12.6 Å². The standard InChI is InChI=1S/C10H12FNO2/c1-6(14)10(12)9-3-2-8(11)4-7(9)5-13/h2-4,10,13H,5,12H2,1H3. The van der Waals surface area contributed by atoms with Crippen LogP contribution in [0.1, 0.15) is 24.1 Å². The van der Waals surface area contributed by atoms with Crippen LogP contribution in [0.4, 0.5) is 4.39 Å². The second kappa shape index (κ2) is 4.30. The number of carbonyl (C=O) groups is 1. The highest BCUT2D eigenvalue weighted by atomic mass is 19.1. The molecule has 0 amide bonds. The van der Waals surface area contributed by atoms with Gasteiger partial charge in [-0.1, -0.05) is 6.07 Å². The van der Waals surface area contributed by atoms with E-state index >= 15 is 0 Å². The van der Waals surface area contributed by atoms with E-state index in [0.717, 1.165) is 0 Å². The summed E-state index contributed by atoms with van der Waals surface area (Å²) in [6.45, 7) is 1.03. The average molecular weight is 197 g/mol. The number of hydrogen-bond acceptors (Lipinski definition) is 3. The van der Waals surface area contributed by atoms with Gasteiger partial charge in [0.25, 0.3) is 0 Å². The fourth-order valence-corrected chi connectivity index (χ4v) is 1.23. The molecule has 1 rings (SSSR count). The lowest BCUT2D eigenvalue weighted by molar-refractivity contribution is -0.118. The van der Waals surface area contributed by atoms with Crippen molar-refractivity contribution >= 4 is 5.78 Å². The van der Waals surface area contributed by atoms with Crippen molar-refractivity contribution < 1.29 is 14.3 Å². The third kappa shape index (κ3) is 2.16. The van der Waals surface area contributed by atoms with Crippen LogP contribution in [0.3, 0.4) is 0 Å². The van der Waals surface area contributed by atoms with Crippen LogP contribution in [0.2, 0.25) is 0 Å². The molecule has 0 aromatic heterocycles. The van der Waals surface area contributed by atoms with Crippen LogP contribution < -0.4 is 5.73 Å². The van der Waals surface area contributed by atoms with Gasteiger partial charge >= 0.3 is 0 Å². The van der Waals surface area contributed by atoms with E-state index < -0.39 is 11.9 Å². The lowest BCUT2D eigenvalue weighted by Gasteiger charge is -2.12. The second-order valence-corrected chi connectivity index (χ2v) is 3.09. The van der Waals surface area contributed by atoms with Crippen LogP contribution in [-0.4, -0.2) is 10.9 Å². The van der Waals surface area contributed by atoms with Crippen molar-refractivity contribution in [3.8, 4) is 0 Å². The summed E-state index contributed by atoms with van der Waals surface area (Å²) in [6, 6.07) is 3.03. The predicted octanol–water partition coefficient (Wildman–Crippen LogP) is 0.907. The fourth-order valence-electron chi connectivity index (χ4n) is 1.23. The van der Waals surface area contributed by atoms with Crippen LogP contribution >= 0.6 is 0 Å². The first-order valence-corrected chi connectivity index (χ1v) is 4.21. The minimum Gasteiger partial charge on any atom is -0.392 e. The molecule has 0 aliphatic heterocycles. The number of halogens is 1. The average Bonchev–Trinajstić information content (AvgIpc) is 2.16. The molecule has 0 saturated heterocycles. The zero-order valence-electron chi connectivity index (χ0n) is 7.83. The van der Waals surface area contributed by atoms with Gasteiger partial charge in [-0.2, -0.15) is 0 Å². The molecular weight excluding hydrogens is 185 g/mol. The molecule has 1 atom stereocenters. The molecule has 0 spiro atoms. The number of carbonyl (C=O) groups excluding carboxylic acids is 1. The molecular formula is C10H12FNO2. The van der Waals surface area contributed by atoms with Crippen molar-refractivity contribution in [3.63, 3.8) is 0 Å². The van der Waals surface area contributed by atoms with Crippen LogP contribution in [0.15, 0.2) is 18.2 Å². The summed E-state index contributed by atoms with van der Waals surface area (Å²) in [6.07, 6.45) is 0. The molecule has 0 saturated carbocycles. The van der Waals surface area contributed by atoms with Crippen molar-refractivity contribution in [1.82, 2.24) is 0 Å². The highest BCUT2D eigenvalue weighted by Crippen LogP contribution is 2.18. The van der Waals surface area contributed by atoms with Crippen molar-refractivity contribution in [2.45, 2.75) is 19.6 Å². The molecule has 1 aromatic rings. The van der Waals surface area contributed by atoms with E-state index in [-0.39, 0.29) is 12.4 Å². The Balaban J connectivity index is 3.13. The lowest BCUT2D eigenvalue weighted by atomic mass is 9.99. The van der Waals surface area contributed by atoms with E-state index in [1.165, 1.54) is 25.1 Å². The van der Waals surface area contributed by atoms with Gasteiger partial charge in [0, 0.05) is 0 Å². The monoisotopic (exact) mass is 197 g/mol. The van der Waals surface area contributed by atoms with Crippen LogP contribution in [-0.2, 0) is 11.4 Å². The summed E-state index contributed by atoms with van der Waals surface area (Å²) >= 11 is 0. The Morgan fingerprint density at radius 3 is 2.79 bits per heavy atom. The second-order valence-electron chi connectivity index (χ2n) is 3.09. The van der Waals surface area contributed by atoms with Gasteiger partial charge in [-0.15, -0.1) is 0 Å². The van der Waals surface area contributed by atoms with Gasteiger partial charge in [0.1, 0.15) is 5.82 Å². The van der Waals surface area contributed by atoms with Crippen LogP contribution in [0.5, 0.6) is 0 Å². The van der Waals surface area contributed by atoms with Crippen LogP contribution in [0.25, 0.3) is 0 Å². The normalized spacial score (nSPS) is 12.6.